The van der Waals surface area contributed by atoms with Crippen LogP contribution in [0.1, 0.15) is 10.4 Å². The molecule has 0 atom stereocenters. The van der Waals surface area contributed by atoms with E-state index in [9.17, 15) is 5.11 Å². The second kappa shape index (κ2) is 7.69. The zero-order valence-electron chi connectivity index (χ0n) is 14.9. The van der Waals surface area contributed by atoms with Crippen LogP contribution in [0.5, 0.6) is 5.75 Å². The normalized spacial score (nSPS) is 11.4. The minimum Gasteiger partial charge on any atom is -0.508 e. The van der Waals surface area contributed by atoms with Crippen LogP contribution in [0.4, 0.5) is 0 Å². The molecule has 2 aromatic carbocycles. The zero-order chi connectivity index (χ0) is 18.8. The maximum absolute atomic E-state index is 10.4. The number of hydrogen-bond donors (Lipinski definition) is 1. The zero-order valence-corrected chi connectivity index (χ0v) is 16.5. The van der Waals surface area contributed by atoms with Gasteiger partial charge in [0, 0.05) is 40.1 Å². The van der Waals surface area contributed by atoms with Crippen molar-refractivity contribution in [2.75, 3.05) is 7.05 Å². The average molecular weight is 395 g/mol. The van der Waals surface area contributed by atoms with Gasteiger partial charge < -0.3 is 5.11 Å². The van der Waals surface area contributed by atoms with Gasteiger partial charge in [-0.3, -0.25) is 9.88 Å². The summed E-state index contributed by atoms with van der Waals surface area (Å²) >= 11 is 7.85. The molecule has 27 heavy (non-hydrogen) atoms. The molecule has 0 aliphatic rings. The lowest BCUT2D eigenvalue weighted by Crippen LogP contribution is -2.16. The molecule has 4 rings (SSSR count). The van der Waals surface area contributed by atoms with E-state index in [1.54, 1.807) is 23.6 Å². The van der Waals surface area contributed by atoms with E-state index in [0.717, 1.165) is 34.1 Å². The van der Waals surface area contributed by atoms with E-state index in [4.69, 9.17) is 11.6 Å². The van der Waals surface area contributed by atoms with Crippen molar-refractivity contribution < 1.29 is 5.11 Å². The van der Waals surface area contributed by atoms with Crippen molar-refractivity contribution >= 4 is 33.8 Å². The highest BCUT2D eigenvalue weighted by Crippen LogP contribution is 2.32. The molecular weight excluding hydrogens is 376 g/mol. The standard InChI is InChI=1S/C22H19ClN2OS/c1-25(14-18-3-2-10-27-18)13-16-11-15(4-7-22(16)26)19-8-9-24-21-12-17(23)5-6-20(19)21/h2-12,26H,13-14H2,1H3. The molecule has 1 N–H and O–H groups in total. The Morgan fingerprint density at radius 2 is 1.96 bits per heavy atom. The number of benzene rings is 2. The van der Waals surface area contributed by atoms with Crippen LogP contribution in [0.15, 0.2) is 66.2 Å². The van der Waals surface area contributed by atoms with Crippen LogP contribution >= 0.6 is 22.9 Å². The number of halogens is 1. The smallest absolute Gasteiger partial charge is 0.120 e. The number of fused-ring (bicyclic) bond motifs is 1. The van der Waals surface area contributed by atoms with Gasteiger partial charge >= 0.3 is 0 Å². The molecular formula is C22H19ClN2OS. The molecule has 4 aromatic rings. The number of phenols is 1. The number of aromatic hydroxyl groups is 1. The van der Waals surface area contributed by atoms with Gasteiger partial charge in [0.15, 0.2) is 0 Å². The van der Waals surface area contributed by atoms with E-state index in [1.165, 1.54) is 4.88 Å². The predicted octanol–water partition coefficient (Wildman–Crippen LogP) is 5.95. The fourth-order valence-corrected chi connectivity index (χ4v) is 4.22. The summed E-state index contributed by atoms with van der Waals surface area (Å²) in [6, 6.07) is 17.7. The molecule has 0 saturated carbocycles. The van der Waals surface area contributed by atoms with Crippen molar-refractivity contribution in [3.8, 4) is 16.9 Å². The van der Waals surface area contributed by atoms with Crippen LogP contribution in [-0.4, -0.2) is 22.0 Å². The van der Waals surface area contributed by atoms with Crippen molar-refractivity contribution in [3.63, 3.8) is 0 Å². The molecule has 0 saturated heterocycles. The Morgan fingerprint density at radius 3 is 2.78 bits per heavy atom. The Bertz CT molecular complexity index is 1080. The molecule has 5 heteroatoms. The Kier molecular flexibility index (Phi) is 5.12. The SMILES string of the molecule is CN(Cc1cccs1)Cc1cc(-c2ccnc3cc(Cl)ccc23)ccc1O. The number of rotatable bonds is 5. The highest BCUT2D eigenvalue weighted by Gasteiger charge is 2.11. The second-order valence-corrected chi connectivity index (χ2v) is 8.08. The van der Waals surface area contributed by atoms with E-state index >= 15 is 0 Å². The van der Waals surface area contributed by atoms with Crippen molar-refractivity contribution in [2.24, 2.45) is 0 Å². The van der Waals surface area contributed by atoms with Gasteiger partial charge in [-0.1, -0.05) is 29.8 Å². The van der Waals surface area contributed by atoms with Gasteiger partial charge in [-0.25, -0.2) is 0 Å². The molecule has 0 amide bonds. The van der Waals surface area contributed by atoms with E-state index in [2.05, 4.69) is 40.5 Å². The lowest BCUT2D eigenvalue weighted by atomic mass is 9.99. The van der Waals surface area contributed by atoms with Crippen LogP contribution in [0, 0.1) is 0 Å². The Hall–Kier alpha value is -2.40. The number of pyridine rings is 1. The monoisotopic (exact) mass is 394 g/mol. The highest BCUT2D eigenvalue weighted by atomic mass is 35.5. The number of phenolic OH excluding ortho intramolecular Hbond substituents is 1. The van der Waals surface area contributed by atoms with Crippen molar-refractivity contribution in [1.29, 1.82) is 0 Å². The molecule has 136 valence electrons. The second-order valence-electron chi connectivity index (χ2n) is 6.62. The summed E-state index contributed by atoms with van der Waals surface area (Å²) in [6.07, 6.45) is 1.80. The first kappa shape index (κ1) is 18.0. The van der Waals surface area contributed by atoms with E-state index in [1.807, 2.05) is 30.3 Å². The molecule has 0 unspecified atom stereocenters. The molecule has 2 aromatic heterocycles. The number of thiophene rings is 1. The number of nitrogens with zero attached hydrogens (tertiary/aromatic N) is 2. The first-order chi connectivity index (χ1) is 13.1. The largest absolute Gasteiger partial charge is 0.508 e. The van der Waals surface area contributed by atoms with Crippen molar-refractivity contribution in [3.05, 3.63) is 81.6 Å². The quantitative estimate of drug-likeness (QED) is 0.454. The predicted molar refractivity (Wildman–Crippen MR) is 113 cm³/mol. The van der Waals surface area contributed by atoms with Gasteiger partial charge in [-0.15, -0.1) is 11.3 Å². The Balaban J connectivity index is 1.66. The van der Waals surface area contributed by atoms with Gasteiger partial charge in [-0.05, 0) is 60.0 Å². The summed E-state index contributed by atoms with van der Waals surface area (Å²) in [5.41, 5.74) is 3.91. The minimum absolute atomic E-state index is 0.318. The molecule has 0 aliphatic heterocycles. The van der Waals surface area contributed by atoms with Gasteiger partial charge in [-0.2, -0.15) is 0 Å². The fraction of sp³-hybridized carbons (Fsp3) is 0.136. The van der Waals surface area contributed by atoms with Crippen molar-refractivity contribution in [1.82, 2.24) is 9.88 Å². The molecule has 2 heterocycles. The topological polar surface area (TPSA) is 36.4 Å². The summed E-state index contributed by atoms with van der Waals surface area (Å²) in [5.74, 6) is 0.318. The number of aromatic nitrogens is 1. The summed E-state index contributed by atoms with van der Waals surface area (Å²) < 4.78 is 0. The van der Waals surface area contributed by atoms with Crippen LogP contribution in [-0.2, 0) is 13.1 Å². The Morgan fingerprint density at radius 1 is 1.07 bits per heavy atom. The fourth-order valence-electron chi connectivity index (χ4n) is 3.27. The van der Waals surface area contributed by atoms with Gasteiger partial charge in [0.25, 0.3) is 0 Å². The van der Waals surface area contributed by atoms with Crippen molar-refractivity contribution in [2.45, 2.75) is 13.1 Å². The lowest BCUT2D eigenvalue weighted by Gasteiger charge is -2.17. The van der Waals surface area contributed by atoms with Crippen LogP contribution in [0.3, 0.4) is 0 Å². The summed E-state index contributed by atoms with van der Waals surface area (Å²) in [6.45, 7) is 1.53. The average Bonchev–Trinajstić information content (AvgIpc) is 3.15. The first-order valence-electron chi connectivity index (χ1n) is 8.67. The summed E-state index contributed by atoms with van der Waals surface area (Å²) in [5, 5.41) is 14.2. The highest BCUT2D eigenvalue weighted by molar-refractivity contribution is 7.09. The first-order valence-corrected chi connectivity index (χ1v) is 9.93. The molecule has 3 nitrogen and oxygen atoms in total. The van der Waals surface area contributed by atoms with E-state index in [0.29, 0.717) is 17.3 Å². The number of hydrogen-bond acceptors (Lipinski definition) is 4. The lowest BCUT2D eigenvalue weighted by molar-refractivity contribution is 0.315. The third-order valence-electron chi connectivity index (χ3n) is 4.54. The summed E-state index contributed by atoms with van der Waals surface area (Å²) in [4.78, 5) is 7.93. The van der Waals surface area contributed by atoms with Gasteiger partial charge in [0.05, 0.1) is 5.52 Å². The maximum Gasteiger partial charge on any atom is 0.120 e. The third-order valence-corrected chi connectivity index (χ3v) is 5.64. The van der Waals surface area contributed by atoms with Gasteiger partial charge in [0.2, 0.25) is 0 Å². The van der Waals surface area contributed by atoms with E-state index < -0.39 is 0 Å². The maximum atomic E-state index is 10.4. The molecule has 0 fully saturated rings. The Labute approximate surface area is 167 Å². The van der Waals surface area contributed by atoms with Gasteiger partial charge in [0.1, 0.15) is 5.75 Å². The molecule has 0 radical (unpaired) electrons. The third kappa shape index (κ3) is 3.98. The minimum atomic E-state index is 0.318. The molecule has 0 spiro atoms. The molecule has 0 aliphatic carbocycles. The van der Waals surface area contributed by atoms with E-state index in [-0.39, 0.29) is 0 Å². The summed E-state index contributed by atoms with van der Waals surface area (Å²) in [7, 11) is 2.07. The van der Waals surface area contributed by atoms with Crippen LogP contribution < -0.4 is 0 Å². The molecule has 0 bridgehead atoms. The van der Waals surface area contributed by atoms with Crippen LogP contribution in [0.25, 0.3) is 22.0 Å². The van der Waals surface area contributed by atoms with Crippen LogP contribution in [0.2, 0.25) is 5.02 Å².